The average molecular weight is 339 g/mol. The third-order valence-electron chi connectivity index (χ3n) is 5.17. The van der Waals surface area contributed by atoms with Gasteiger partial charge < -0.3 is 4.74 Å². The summed E-state index contributed by atoms with van der Waals surface area (Å²) in [7, 11) is -2.44. The van der Waals surface area contributed by atoms with E-state index in [1.54, 1.807) is 0 Å². The average Bonchev–Trinajstić information content (AvgIpc) is 3.00. The van der Waals surface area contributed by atoms with Gasteiger partial charge in [0.05, 0.1) is 12.0 Å². The molecular formula is C17H25NO4S. The summed E-state index contributed by atoms with van der Waals surface area (Å²) in [5.74, 6) is -0.484. The molecule has 0 radical (unpaired) electrons. The maximum atomic E-state index is 13.2. The molecule has 0 bridgehead atoms. The number of sulfonamides is 1. The predicted molar refractivity (Wildman–Crippen MR) is 89.1 cm³/mol. The van der Waals surface area contributed by atoms with Gasteiger partial charge in [0, 0.05) is 6.54 Å². The molecule has 2 rings (SSSR count). The Balaban J connectivity index is 2.64. The van der Waals surface area contributed by atoms with Crippen LogP contribution in [0.15, 0.2) is 4.90 Å². The molecule has 1 aliphatic rings. The maximum absolute atomic E-state index is 13.2. The van der Waals surface area contributed by atoms with Gasteiger partial charge in [-0.25, -0.2) is 8.42 Å². The standard InChI is InChI=1S/C17H25NO4S/c1-10-11(2)13(4)16(14(5)12(10)3)23(20,21)18-9-7-8-15(18)17(19)22-6/h15H,7-9H2,1-6H3. The van der Waals surface area contributed by atoms with Crippen LogP contribution < -0.4 is 0 Å². The van der Waals surface area contributed by atoms with Crippen LogP contribution in [0, 0.1) is 34.6 Å². The predicted octanol–water partition coefficient (Wildman–Crippen LogP) is 2.55. The molecule has 1 heterocycles. The van der Waals surface area contributed by atoms with Gasteiger partial charge in [-0.15, -0.1) is 0 Å². The second kappa shape index (κ2) is 6.24. The molecule has 0 amide bonds. The second-order valence-corrected chi connectivity index (χ2v) is 8.08. The number of methoxy groups -OCH3 is 1. The van der Waals surface area contributed by atoms with Crippen molar-refractivity contribution in [3.05, 3.63) is 27.8 Å². The van der Waals surface area contributed by atoms with Gasteiger partial charge in [-0.05, 0) is 75.3 Å². The minimum atomic E-state index is -3.73. The molecule has 1 aliphatic heterocycles. The number of carbonyl (C=O) groups excluding carboxylic acids is 1. The lowest BCUT2D eigenvalue weighted by molar-refractivity contribution is -0.144. The van der Waals surface area contributed by atoms with Crippen LogP contribution in [-0.2, 0) is 19.6 Å². The van der Waals surface area contributed by atoms with E-state index in [1.807, 2.05) is 34.6 Å². The lowest BCUT2D eigenvalue weighted by Gasteiger charge is -2.26. The fraction of sp³-hybridized carbons (Fsp3) is 0.588. The first kappa shape index (κ1) is 17.9. The van der Waals surface area contributed by atoms with Gasteiger partial charge >= 0.3 is 5.97 Å². The van der Waals surface area contributed by atoms with Crippen molar-refractivity contribution in [1.82, 2.24) is 4.31 Å². The van der Waals surface area contributed by atoms with Crippen molar-refractivity contribution in [3.8, 4) is 0 Å². The van der Waals surface area contributed by atoms with Gasteiger partial charge in [0.25, 0.3) is 0 Å². The van der Waals surface area contributed by atoms with Gasteiger partial charge in [0.2, 0.25) is 10.0 Å². The second-order valence-electron chi connectivity index (χ2n) is 6.25. The third-order valence-corrected chi connectivity index (χ3v) is 7.36. The number of rotatable bonds is 3. The van der Waals surface area contributed by atoms with Crippen molar-refractivity contribution in [2.75, 3.05) is 13.7 Å². The Labute approximate surface area is 138 Å². The van der Waals surface area contributed by atoms with Crippen molar-refractivity contribution in [3.63, 3.8) is 0 Å². The van der Waals surface area contributed by atoms with Crippen LogP contribution in [0.25, 0.3) is 0 Å². The highest BCUT2D eigenvalue weighted by Crippen LogP contribution is 2.34. The first-order valence-corrected chi connectivity index (χ1v) is 9.25. The fourth-order valence-electron chi connectivity index (χ4n) is 3.37. The maximum Gasteiger partial charge on any atom is 0.324 e. The van der Waals surface area contributed by atoms with E-state index in [0.717, 1.165) is 27.8 Å². The summed E-state index contributed by atoms with van der Waals surface area (Å²) in [5.41, 5.74) is 4.62. The lowest BCUT2D eigenvalue weighted by atomic mass is 9.95. The van der Waals surface area contributed by atoms with Crippen LogP contribution in [-0.4, -0.2) is 38.4 Å². The molecule has 1 fully saturated rings. The first-order chi connectivity index (χ1) is 10.6. The summed E-state index contributed by atoms with van der Waals surface area (Å²) < 4.78 is 32.6. The van der Waals surface area contributed by atoms with Crippen LogP contribution in [0.4, 0.5) is 0 Å². The monoisotopic (exact) mass is 339 g/mol. The Morgan fingerprint density at radius 1 is 1.00 bits per heavy atom. The Bertz CT molecular complexity index is 723. The summed E-state index contributed by atoms with van der Waals surface area (Å²) in [6.07, 6.45) is 1.18. The van der Waals surface area contributed by atoms with Crippen LogP contribution in [0.2, 0.25) is 0 Å². The number of benzene rings is 1. The highest BCUT2D eigenvalue weighted by Gasteiger charge is 2.41. The quantitative estimate of drug-likeness (QED) is 0.794. The van der Waals surface area contributed by atoms with Gasteiger partial charge in [0.1, 0.15) is 6.04 Å². The van der Waals surface area contributed by atoms with Crippen LogP contribution in [0.5, 0.6) is 0 Å². The molecule has 0 saturated carbocycles. The van der Waals surface area contributed by atoms with Crippen molar-refractivity contribution < 1.29 is 17.9 Å². The van der Waals surface area contributed by atoms with Crippen LogP contribution >= 0.6 is 0 Å². The van der Waals surface area contributed by atoms with E-state index in [4.69, 9.17) is 4.74 Å². The van der Waals surface area contributed by atoms with E-state index in [1.165, 1.54) is 11.4 Å². The molecule has 128 valence electrons. The minimum absolute atomic E-state index is 0.342. The Kier molecular flexibility index (Phi) is 4.87. The van der Waals surface area contributed by atoms with Gasteiger partial charge in [0.15, 0.2) is 0 Å². The number of hydrogen-bond acceptors (Lipinski definition) is 4. The molecule has 0 N–H and O–H groups in total. The van der Waals surface area contributed by atoms with E-state index in [9.17, 15) is 13.2 Å². The Morgan fingerprint density at radius 2 is 1.48 bits per heavy atom. The molecule has 0 spiro atoms. The smallest absolute Gasteiger partial charge is 0.324 e. The zero-order chi connectivity index (χ0) is 17.5. The van der Waals surface area contributed by atoms with Crippen LogP contribution in [0.1, 0.15) is 40.7 Å². The highest BCUT2D eigenvalue weighted by molar-refractivity contribution is 7.89. The SMILES string of the molecule is COC(=O)C1CCCN1S(=O)(=O)c1c(C)c(C)c(C)c(C)c1C. The molecule has 23 heavy (non-hydrogen) atoms. The molecular weight excluding hydrogens is 314 g/mol. The summed E-state index contributed by atoms with van der Waals surface area (Å²) >= 11 is 0. The molecule has 1 aromatic rings. The molecule has 1 unspecified atom stereocenters. The van der Waals surface area contributed by atoms with E-state index in [-0.39, 0.29) is 0 Å². The van der Waals surface area contributed by atoms with Crippen LogP contribution in [0.3, 0.4) is 0 Å². The van der Waals surface area contributed by atoms with Gasteiger partial charge in [-0.1, -0.05) is 0 Å². The number of carbonyl (C=O) groups is 1. The van der Waals surface area contributed by atoms with Crippen molar-refractivity contribution in [1.29, 1.82) is 0 Å². The first-order valence-electron chi connectivity index (χ1n) is 7.81. The molecule has 1 atom stereocenters. The number of ether oxygens (including phenoxy) is 1. The lowest BCUT2D eigenvalue weighted by Crippen LogP contribution is -2.41. The Hall–Kier alpha value is -1.40. The fourth-order valence-corrected chi connectivity index (χ4v) is 5.58. The number of nitrogens with zero attached hydrogens (tertiary/aromatic N) is 1. The molecule has 1 saturated heterocycles. The van der Waals surface area contributed by atoms with E-state index >= 15 is 0 Å². The number of hydrogen-bond donors (Lipinski definition) is 0. The van der Waals surface area contributed by atoms with Crippen molar-refractivity contribution >= 4 is 16.0 Å². The van der Waals surface area contributed by atoms with E-state index in [0.29, 0.717) is 24.3 Å². The molecule has 5 nitrogen and oxygen atoms in total. The summed E-state index contributed by atoms with van der Waals surface area (Å²) in [4.78, 5) is 12.3. The van der Waals surface area contributed by atoms with E-state index < -0.39 is 22.0 Å². The summed E-state index contributed by atoms with van der Waals surface area (Å²) in [6.45, 7) is 9.92. The van der Waals surface area contributed by atoms with Crippen molar-refractivity contribution in [2.24, 2.45) is 0 Å². The highest BCUT2D eigenvalue weighted by atomic mass is 32.2. The molecule has 1 aromatic carbocycles. The normalized spacial score (nSPS) is 19.1. The summed E-state index contributed by atoms with van der Waals surface area (Å²) in [5, 5.41) is 0. The number of esters is 1. The largest absolute Gasteiger partial charge is 0.468 e. The summed E-state index contributed by atoms with van der Waals surface area (Å²) in [6, 6.07) is -0.717. The van der Waals surface area contributed by atoms with Gasteiger partial charge in [-0.3, -0.25) is 4.79 Å². The Morgan fingerprint density at radius 3 is 1.96 bits per heavy atom. The zero-order valence-electron chi connectivity index (χ0n) is 14.7. The molecule has 0 aromatic heterocycles. The third kappa shape index (κ3) is 2.78. The zero-order valence-corrected chi connectivity index (χ0v) is 15.5. The topological polar surface area (TPSA) is 63.7 Å². The van der Waals surface area contributed by atoms with E-state index in [2.05, 4.69) is 0 Å². The van der Waals surface area contributed by atoms with Gasteiger partial charge in [-0.2, -0.15) is 4.31 Å². The minimum Gasteiger partial charge on any atom is -0.468 e. The van der Waals surface area contributed by atoms with Crippen molar-refractivity contribution in [2.45, 2.75) is 58.4 Å². The molecule has 0 aliphatic carbocycles. The molecule has 6 heteroatoms.